The third-order valence-corrected chi connectivity index (χ3v) is 4.79. The fourth-order valence-corrected chi connectivity index (χ4v) is 3.21. The standard InChI is InChI=1S/C18H16Cl2O5/c1-23-17(22)18(9-21)10-25-16-7-13(4-5-14(16)18)24-8-11-2-3-12(19)6-15(11)20/h2-7,21H,8-10H2,1H3. The molecule has 0 radical (unpaired) electrons. The van der Waals surface area contributed by atoms with E-state index in [-0.39, 0.29) is 13.2 Å². The molecular formula is C18H16Cl2O5. The van der Waals surface area contributed by atoms with Crippen LogP contribution in [0.4, 0.5) is 0 Å². The number of aliphatic hydroxyl groups is 1. The minimum absolute atomic E-state index is 0.0258. The lowest BCUT2D eigenvalue weighted by molar-refractivity contribution is -0.149. The Morgan fingerprint density at radius 3 is 2.76 bits per heavy atom. The fourth-order valence-electron chi connectivity index (χ4n) is 2.75. The first kappa shape index (κ1) is 17.9. The molecule has 1 aliphatic heterocycles. The lowest BCUT2D eigenvalue weighted by atomic mass is 9.83. The van der Waals surface area contributed by atoms with Crippen molar-refractivity contribution in [3.63, 3.8) is 0 Å². The van der Waals surface area contributed by atoms with Crippen LogP contribution < -0.4 is 9.47 Å². The van der Waals surface area contributed by atoms with Crippen LogP contribution in [0.15, 0.2) is 36.4 Å². The third-order valence-electron chi connectivity index (χ3n) is 4.20. The Bertz CT molecular complexity index is 808. The molecule has 5 nitrogen and oxygen atoms in total. The second kappa shape index (κ2) is 7.12. The molecule has 0 bridgehead atoms. The van der Waals surface area contributed by atoms with Gasteiger partial charge in [0.15, 0.2) is 5.41 Å². The minimum Gasteiger partial charge on any atom is -0.491 e. The van der Waals surface area contributed by atoms with Gasteiger partial charge >= 0.3 is 5.97 Å². The van der Waals surface area contributed by atoms with Gasteiger partial charge in [0.2, 0.25) is 0 Å². The van der Waals surface area contributed by atoms with Crippen LogP contribution in [-0.2, 0) is 21.6 Å². The maximum absolute atomic E-state index is 12.1. The van der Waals surface area contributed by atoms with E-state index in [0.29, 0.717) is 27.1 Å². The minimum atomic E-state index is -1.19. The Morgan fingerprint density at radius 1 is 1.28 bits per heavy atom. The van der Waals surface area contributed by atoms with Crippen molar-refractivity contribution < 1.29 is 24.1 Å². The van der Waals surface area contributed by atoms with E-state index in [4.69, 9.17) is 37.4 Å². The first-order chi connectivity index (χ1) is 12.0. The zero-order valence-corrected chi connectivity index (χ0v) is 14.9. The Balaban J connectivity index is 1.79. The van der Waals surface area contributed by atoms with E-state index in [1.54, 1.807) is 36.4 Å². The summed E-state index contributed by atoms with van der Waals surface area (Å²) >= 11 is 12.0. The molecule has 0 fully saturated rings. The van der Waals surface area contributed by atoms with Crippen LogP contribution in [0, 0.1) is 0 Å². The SMILES string of the molecule is COC(=O)C1(CO)COc2cc(OCc3ccc(Cl)cc3Cl)ccc21. The smallest absolute Gasteiger partial charge is 0.322 e. The number of carbonyl (C=O) groups is 1. The van der Waals surface area contributed by atoms with Gasteiger partial charge in [-0.05, 0) is 18.2 Å². The number of aliphatic hydroxyl groups excluding tert-OH is 1. The number of carbonyl (C=O) groups excluding carboxylic acids is 1. The van der Waals surface area contributed by atoms with Gasteiger partial charge in [-0.2, -0.15) is 0 Å². The molecule has 132 valence electrons. The number of hydrogen-bond donors (Lipinski definition) is 1. The topological polar surface area (TPSA) is 65.0 Å². The Kier molecular flexibility index (Phi) is 5.08. The average Bonchev–Trinajstić information content (AvgIpc) is 2.99. The number of methoxy groups -OCH3 is 1. The predicted octanol–water partition coefficient (Wildman–Crippen LogP) is 3.37. The first-order valence-electron chi connectivity index (χ1n) is 7.53. The lowest BCUT2D eigenvalue weighted by Gasteiger charge is -2.22. The van der Waals surface area contributed by atoms with Gasteiger partial charge < -0.3 is 19.3 Å². The Labute approximate surface area is 155 Å². The lowest BCUT2D eigenvalue weighted by Crippen LogP contribution is -2.42. The fraction of sp³-hybridized carbons (Fsp3) is 0.278. The van der Waals surface area contributed by atoms with Crippen molar-refractivity contribution in [1.29, 1.82) is 0 Å². The summed E-state index contributed by atoms with van der Waals surface area (Å²) in [5, 5.41) is 10.8. The summed E-state index contributed by atoms with van der Waals surface area (Å²) in [6, 6.07) is 10.3. The van der Waals surface area contributed by atoms with Crippen molar-refractivity contribution in [2.75, 3.05) is 20.3 Å². The van der Waals surface area contributed by atoms with E-state index < -0.39 is 18.0 Å². The van der Waals surface area contributed by atoms with Gasteiger partial charge in [-0.15, -0.1) is 0 Å². The molecule has 0 amide bonds. The second-order valence-electron chi connectivity index (χ2n) is 5.70. The van der Waals surface area contributed by atoms with Gasteiger partial charge in [-0.3, -0.25) is 4.79 Å². The number of fused-ring (bicyclic) bond motifs is 1. The summed E-state index contributed by atoms with van der Waals surface area (Å²) in [4.78, 5) is 12.1. The van der Waals surface area contributed by atoms with E-state index in [1.807, 2.05) is 0 Å². The van der Waals surface area contributed by atoms with Crippen LogP contribution in [0.1, 0.15) is 11.1 Å². The molecule has 1 aliphatic rings. The molecule has 0 spiro atoms. The number of ether oxygens (including phenoxy) is 3. The van der Waals surface area contributed by atoms with Gasteiger partial charge in [-0.25, -0.2) is 0 Å². The number of esters is 1. The van der Waals surface area contributed by atoms with E-state index >= 15 is 0 Å². The largest absolute Gasteiger partial charge is 0.491 e. The molecule has 0 aliphatic carbocycles. The monoisotopic (exact) mass is 382 g/mol. The van der Waals surface area contributed by atoms with E-state index in [0.717, 1.165) is 5.56 Å². The highest BCUT2D eigenvalue weighted by Crippen LogP contribution is 2.41. The van der Waals surface area contributed by atoms with Crippen LogP contribution in [0.5, 0.6) is 11.5 Å². The molecule has 0 saturated heterocycles. The number of hydrogen-bond acceptors (Lipinski definition) is 5. The van der Waals surface area contributed by atoms with Crippen molar-refractivity contribution in [3.8, 4) is 11.5 Å². The molecule has 2 aromatic rings. The van der Waals surface area contributed by atoms with Crippen LogP contribution in [-0.4, -0.2) is 31.4 Å². The van der Waals surface area contributed by atoms with Crippen molar-refractivity contribution in [2.45, 2.75) is 12.0 Å². The molecule has 25 heavy (non-hydrogen) atoms. The summed E-state index contributed by atoms with van der Waals surface area (Å²) < 4.78 is 16.1. The summed E-state index contributed by atoms with van der Waals surface area (Å²) in [6.07, 6.45) is 0. The molecule has 0 saturated carbocycles. The second-order valence-corrected chi connectivity index (χ2v) is 6.55. The highest BCUT2D eigenvalue weighted by Gasteiger charge is 2.48. The van der Waals surface area contributed by atoms with Crippen LogP contribution in [0.2, 0.25) is 10.0 Å². The molecule has 1 atom stereocenters. The van der Waals surface area contributed by atoms with E-state index in [2.05, 4.69) is 0 Å². The van der Waals surface area contributed by atoms with Crippen LogP contribution >= 0.6 is 23.2 Å². The maximum atomic E-state index is 12.1. The van der Waals surface area contributed by atoms with Crippen LogP contribution in [0.3, 0.4) is 0 Å². The van der Waals surface area contributed by atoms with Crippen molar-refractivity contribution >= 4 is 29.2 Å². The zero-order valence-electron chi connectivity index (χ0n) is 13.4. The normalized spacial score (nSPS) is 18.4. The summed E-state index contributed by atoms with van der Waals surface area (Å²) in [7, 11) is 1.28. The zero-order chi connectivity index (χ0) is 18.0. The van der Waals surface area contributed by atoms with Crippen molar-refractivity contribution in [1.82, 2.24) is 0 Å². The van der Waals surface area contributed by atoms with Gasteiger partial charge in [0.1, 0.15) is 24.7 Å². The Morgan fingerprint density at radius 2 is 2.08 bits per heavy atom. The van der Waals surface area contributed by atoms with Gasteiger partial charge in [0.05, 0.1) is 13.7 Å². The molecule has 1 unspecified atom stereocenters. The highest BCUT2D eigenvalue weighted by atomic mass is 35.5. The maximum Gasteiger partial charge on any atom is 0.322 e. The number of rotatable bonds is 5. The van der Waals surface area contributed by atoms with Gasteiger partial charge in [0.25, 0.3) is 0 Å². The van der Waals surface area contributed by atoms with E-state index in [1.165, 1.54) is 7.11 Å². The highest BCUT2D eigenvalue weighted by molar-refractivity contribution is 6.35. The molecule has 3 rings (SSSR count). The molecule has 1 heterocycles. The van der Waals surface area contributed by atoms with E-state index in [9.17, 15) is 9.90 Å². The van der Waals surface area contributed by atoms with Gasteiger partial charge in [0, 0.05) is 27.2 Å². The van der Waals surface area contributed by atoms with Gasteiger partial charge in [-0.1, -0.05) is 35.3 Å². The van der Waals surface area contributed by atoms with Crippen molar-refractivity contribution in [2.24, 2.45) is 0 Å². The summed E-state index contributed by atoms with van der Waals surface area (Å²) in [5.74, 6) is 0.512. The number of halogens is 2. The molecule has 2 aromatic carbocycles. The quantitative estimate of drug-likeness (QED) is 0.803. The number of benzene rings is 2. The average molecular weight is 383 g/mol. The molecular weight excluding hydrogens is 367 g/mol. The Hall–Kier alpha value is -1.95. The first-order valence-corrected chi connectivity index (χ1v) is 8.29. The van der Waals surface area contributed by atoms with Crippen molar-refractivity contribution in [3.05, 3.63) is 57.6 Å². The molecule has 0 aromatic heterocycles. The predicted molar refractivity (Wildman–Crippen MR) is 93.5 cm³/mol. The third kappa shape index (κ3) is 3.27. The molecule has 1 N–H and O–H groups in total. The summed E-state index contributed by atoms with van der Waals surface area (Å²) in [5.41, 5.74) is 0.188. The molecule has 7 heteroatoms. The summed E-state index contributed by atoms with van der Waals surface area (Å²) in [6.45, 7) is -0.109. The van der Waals surface area contributed by atoms with Crippen LogP contribution in [0.25, 0.3) is 0 Å².